The van der Waals surface area contributed by atoms with Gasteiger partial charge in [0.25, 0.3) is 0 Å². The molecule has 1 aromatic rings. The number of halogens is 1. The Bertz CT molecular complexity index is 353. The van der Waals surface area contributed by atoms with Gasteiger partial charge in [0.05, 0.1) is 6.61 Å². The maximum atomic E-state index is 5.98. The molecular weight excluding hydrogens is 252 g/mol. The summed E-state index contributed by atoms with van der Waals surface area (Å²) in [6, 6.07) is 5.79. The van der Waals surface area contributed by atoms with Gasteiger partial charge < -0.3 is 4.74 Å². The standard InChI is InChI=1S/C14H21ClOS/c1-4-14(5-2,10-17)9-16-12-6-7-13(15)11(3)8-12/h6-8,17H,4-5,9-10H2,1-3H3. The van der Waals surface area contributed by atoms with Crippen molar-refractivity contribution in [1.29, 1.82) is 0 Å². The van der Waals surface area contributed by atoms with Gasteiger partial charge in [-0.1, -0.05) is 25.4 Å². The molecule has 0 aliphatic rings. The second-order valence-electron chi connectivity index (χ2n) is 4.56. The molecule has 0 unspecified atom stereocenters. The molecular formula is C14H21ClOS. The predicted octanol–water partition coefficient (Wildman–Crippen LogP) is 4.76. The van der Waals surface area contributed by atoms with E-state index in [-0.39, 0.29) is 5.41 Å². The molecule has 96 valence electrons. The first-order chi connectivity index (χ1) is 8.06. The first kappa shape index (κ1) is 14.7. The number of rotatable bonds is 6. The highest BCUT2D eigenvalue weighted by atomic mass is 35.5. The molecule has 0 fully saturated rings. The van der Waals surface area contributed by atoms with E-state index in [2.05, 4.69) is 26.5 Å². The number of ether oxygens (including phenoxy) is 1. The molecule has 0 amide bonds. The lowest BCUT2D eigenvalue weighted by Gasteiger charge is -2.29. The van der Waals surface area contributed by atoms with E-state index in [1.54, 1.807) is 0 Å². The van der Waals surface area contributed by atoms with E-state index in [4.69, 9.17) is 16.3 Å². The Hall–Kier alpha value is -0.340. The van der Waals surface area contributed by atoms with E-state index in [9.17, 15) is 0 Å². The minimum Gasteiger partial charge on any atom is -0.493 e. The fourth-order valence-electron chi connectivity index (χ4n) is 1.67. The minimum absolute atomic E-state index is 0.177. The van der Waals surface area contributed by atoms with Gasteiger partial charge in [0.2, 0.25) is 0 Å². The molecule has 0 radical (unpaired) electrons. The van der Waals surface area contributed by atoms with Gasteiger partial charge in [-0.2, -0.15) is 12.6 Å². The topological polar surface area (TPSA) is 9.23 Å². The third-order valence-corrected chi connectivity index (χ3v) is 4.60. The molecule has 0 aromatic heterocycles. The Morgan fingerprint density at radius 2 is 1.94 bits per heavy atom. The molecule has 0 aliphatic heterocycles. The molecule has 0 atom stereocenters. The van der Waals surface area contributed by atoms with Crippen molar-refractivity contribution in [1.82, 2.24) is 0 Å². The summed E-state index contributed by atoms with van der Waals surface area (Å²) in [5.74, 6) is 1.74. The first-order valence-electron chi connectivity index (χ1n) is 6.06. The molecule has 0 N–H and O–H groups in total. The SMILES string of the molecule is CCC(CC)(CS)COc1ccc(Cl)c(C)c1. The van der Waals surface area contributed by atoms with Crippen LogP contribution in [0, 0.1) is 12.3 Å². The van der Waals surface area contributed by atoms with Crippen LogP contribution in [-0.4, -0.2) is 12.4 Å². The number of benzene rings is 1. The lowest BCUT2D eigenvalue weighted by molar-refractivity contribution is 0.157. The van der Waals surface area contributed by atoms with Gasteiger partial charge in [0.15, 0.2) is 0 Å². The largest absolute Gasteiger partial charge is 0.493 e. The Balaban J connectivity index is 2.68. The Labute approximate surface area is 115 Å². The van der Waals surface area contributed by atoms with Gasteiger partial charge >= 0.3 is 0 Å². The summed E-state index contributed by atoms with van der Waals surface area (Å²) in [6.07, 6.45) is 2.17. The zero-order chi connectivity index (χ0) is 12.9. The van der Waals surface area contributed by atoms with E-state index in [1.165, 1.54) is 0 Å². The van der Waals surface area contributed by atoms with Crippen molar-refractivity contribution < 1.29 is 4.74 Å². The minimum atomic E-state index is 0.177. The zero-order valence-electron chi connectivity index (χ0n) is 10.8. The quantitative estimate of drug-likeness (QED) is 0.735. The van der Waals surface area contributed by atoms with Crippen molar-refractivity contribution in [2.24, 2.45) is 5.41 Å². The van der Waals surface area contributed by atoms with E-state index < -0.39 is 0 Å². The monoisotopic (exact) mass is 272 g/mol. The van der Waals surface area contributed by atoms with Crippen LogP contribution in [0.5, 0.6) is 5.75 Å². The lowest BCUT2D eigenvalue weighted by Crippen LogP contribution is -2.29. The van der Waals surface area contributed by atoms with Crippen molar-refractivity contribution in [3.8, 4) is 5.75 Å². The van der Waals surface area contributed by atoms with Crippen molar-refractivity contribution >= 4 is 24.2 Å². The number of hydrogen-bond donors (Lipinski definition) is 1. The van der Waals surface area contributed by atoms with Crippen LogP contribution in [0.4, 0.5) is 0 Å². The molecule has 0 bridgehead atoms. The predicted molar refractivity (Wildman–Crippen MR) is 78.6 cm³/mol. The highest BCUT2D eigenvalue weighted by molar-refractivity contribution is 7.80. The lowest BCUT2D eigenvalue weighted by atomic mass is 9.85. The average molecular weight is 273 g/mol. The summed E-state index contributed by atoms with van der Waals surface area (Å²) >= 11 is 10.4. The Kier molecular flexibility index (Phi) is 5.68. The molecule has 0 saturated carbocycles. The van der Waals surface area contributed by atoms with Crippen LogP contribution >= 0.6 is 24.2 Å². The van der Waals surface area contributed by atoms with E-state index in [1.807, 2.05) is 25.1 Å². The Morgan fingerprint density at radius 3 is 2.41 bits per heavy atom. The molecule has 1 aromatic carbocycles. The number of thiol groups is 1. The smallest absolute Gasteiger partial charge is 0.119 e. The van der Waals surface area contributed by atoms with Gasteiger partial charge in [-0.15, -0.1) is 0 Å². The summed E-state index contributed by atoms with van der Waals surface area (Å²) in [5.41, 5.74) is 1.23. The van der Waals surface area contributed by atoms with Crippen LogP contribution in [0.25, 0.3) is 0 Å². The third-order valence-electron chi connectivity index (χ3n) is 3.51. The normalized spacial score (nSPS) is 11.6. The van der Waals surface area contributed by atoms with Crippen molar-refractivity contribution in [2.75, 3.05) is 12.4 Å². The third kappa shape index (κ3) is 3.82. The van der Waals surface area contributed by atoms with E-state index >= 15 is 0 Å². The van der Waals surface area contributed by atoms with Crippen LogP contribution in [0.2, 0.25) is 5.02 Å². The van der Waals surface area contributed by atoms with Crippen molar-refractivity contribution in [3.63, 3.8) is 0 Å². The van der Waals surface area contributed by atoms with Gasteiger partial charge in [-0.05, 0) is 49.3 Å². The number of hydrogen-bond acceptors (Lipinski definition) is 2. The van der Waals surface area contributed by atoms with Crippen LogP contribution in [0.15, 0.2) is 18.2 Å². The van der Waals surface area contributed by atoms with E-state index in [0.717, 1.165) is 34.9 Å². The van der Waals surface area contributed by atoms with Gasteiger partial charge in [-0.25, -0.2) is 0 Å². The fourth-order valence-corrected chi connectivity index (χ4v) is 2.32. The molecule has 17 heavy (non-hydrogen) atoms. The number of aryl methyl sites for hydroxylation is 1. The molecule has 0 heterocycles. The second-order valence-corrected chi connectivity index (χ2v) is 5.29. The van der Waals surface area contributed by atoms with E-state index in [0.29, 0.717) is 6.61 Å². The summed E-state index contributed by atoms with van der Waals surface area (Å²) < 4.78 is 5.87. The van der Waals surface area contributed by atoms with Crippen molar-refractivity contribution in [3.05, 3.63) is 28.8 Å². The molecule has 1 rings (SSSR count). The second kappa shape index (κ2) is 6.55. The fraction of sp³-hybridized carbons (Fsp3) is 0.571. The highest BCUT2D eigenvalue weighted by Gasteiger charge is 2.25. The van der Waals surface area contributed by atoms with Gasteiger partial charge in [-0.3, -0.25) is 0 Å². The Morgan fingerprint density at radius 1 is 1.29 bits per heavy atom. The van der Waals surface area contributed by atoms with Crippen LogP contribution in [0.1, 0.15) is 32.3 Å². The van der Waals surface area contributed by atoms with Gasteiger partial charge in [0, 0.05) is 10.4 Å². The maximum absolute atomic E-state index is 5.98. The molecule has 0 saturated heterocycles. The molecule has 3 heteroatoms. The van der Waals surface area contributed by atoms with Crippen LogP contribution in [-0.2, 0) is 0 Å². The highest BCUT2D eigenvalue weighted by Crippen LogP contribution is 2.29. The zero-order valence-corrected chi connectivity index (χ0v) is 12.4. The maximum Gasteiger partial charge on any atom is 0.119 e. The molecule has 0 aliphatic carbocycles. The summed E-state index contributed by atoms with van der Waals surface area (Å²) in [5, 5.41) is 0.781. The average Bonchev–Trinajstić information content (AvgIpc) is 2.36. The van der Waals surface area contributed by atoms with Crippen molar-refractivity contribution in [2.45, 2.75) is 33.6 Å². The van der Waals surface area contributed by atoms with Crippen LogP contribution in [0.3, 0.4) is 0 Å². The summed E-state index contributed by atoms with van der Waals surface area (Å²) in [4.78, 5) is 0. The van der Waals surface area contributed by atoms with Gasteiger partial charge in [0.1, 0.15) is 5.75 Å². The molecule has 1 nitrogen and oxygen atoms in total. The summed E-state index contributed by atoms with van der Waals surface area (Å²) in [7, 11) is 0. The molecule has 0 spiro atoms. The first-order valence-corrected chi connectivity index (χ1v) is 7.07. The summed E-state index contributed by atoms with van der Waals surface area (Å²) in [6.45, 7) is 7.08. The van der Waals surface area contributed by atoms with Crippen LogP contribution < -0.4 is 4.74 Å².